The van der Waals surface area contributed by atoms with Crippen LogP contribution in [0.2, 0.25) is 5.02 Å². The zero-order chi connectivity index (χ0) is 18.1. The van der Waals surface area contributed by atoms with E-state index in [1.807, 2.05) is 12.1 Å². The number of hydrogen-bond donors (Lipinski definition) is 1. The first kappa shape index (κ1) is 19.0. The van der Waals surface area contributed by atoms with Gasteiger partial charge in [0.25, 0.3) is 0 Å². The highest BCUT2D eigenvalue weighted by molar-refractivity contribution is 6.32. The molecule has 0 saturated carbocycles. The molecule has 0 atom stereocenters. The van der Waals surface area contributed by atoms with Crippen LogP contribution < -0.4 is 4.74 Å². The van der Waals surface area contributed by atoms with Crippen LogP contribution in [0.25, 0.3) is 0 Å². The van der Waals surface area contributed by atoms with E-state index >= 15 is 0 Å². The maximum atomic E-state index is 10.8. The number of carboxylic acids is 1. The molecule has 0 aliphatic rings. The van der Waals surface area contributed by atoms with Gasteiger partial charge in [0.1, 0.15) is 5.75 Å². The van der Waals surface area contributed by atoms with Gasteiger partial charge in [0.2, 0.25) is 0 Å². The van der Waals surface area contributed by atoms with Gasteiger partial charge in [0.05, 0.1) is 22.9 Å². The Morgan fingerprint density at radius 3 is 2.56 bits per heavy atom. The second kappa shape index (κ2) is 9.84. The molecule has 0 saturated heterocycles. The number of aromatic carboxylic acids is 1. The molecule has 0 aliphatic heterocycles. The second-order valence-corrected chi connectivity index (χ2v) is 6.12. The number of carbonyl (C=O) groups is 1. The molecule has 5 heteroatoms. The third kappa shape index (κ3) is 6.24. The quantitative estimate of drug-likeness (QED) is 0.458. The molecule has 0 bridgehead atoms. The van der Waals surface area contributed by atoms with Gasteiger partial charge >= 0.3 is 5.97 Å². The van der Waals surface area contributed by atoms with Gasteiger partial charge in [-0.25, -0.2) is 4.79 Å². The van der Waals surface area contributed by atoms with Crippen molar-refractivity contribution in [3.05, 3.63) is 58.6 Å². The molecule has 0 spiro atoms. The van der Waals surface area contributed by atoms with Crippen molar-refractivity contribution in [2.75, 3.05) is 6.61 Å². The van der Waals surface area contributed by atoms with E-state index in [0.717, 1.165) is 18.4 Å². The lowest BCUT2D eigenvalue weighted by molar-refractivity contribution is 0.0697. The predicted molar refractivity (Wildman–Crippen MR) is 102 cm³/mol. The van der Waals surface area contributed by atoms with Crippen LogP contribution in [0.15, 0.2) is 47.5 Å². The summed E-state index contributed by atoms with van der Waals surface area (Å²) in [5.41, 5.74) is 1.78. The van der Waals surface area contributed by atoms with Gasteiger partial charge in [-0.15, -0.1) is 0 Å². The smallest absolute Gasteiger partial charge is 0.335 e. The van der Waals surface area contributed by atoms with Crippen molar-refractivity contribution < 1.29 is 14.6 Å². The Kier molecular flexibility index (Phi) is 7.48. The van der Waals surface area contributed by atoms with Crippen LogP contribution in [0.5, 0.6) is 5.75 Å². The minimum Gasteiger partial charge on any atom is -0.492 e. The van der Waals surface area contributed by atoms with Crippen molar-refractivity contribution in [3.63, 3.8) is 0 Å². The molecule has 0 heterocycles. The summed E-state index contributed by atoms with van der Waals surface area (Å²) in [5.74, 6) is -0.275. The largest absolute Gasteiger partial charge is 0.492 e. The zero-order valence-electron chi connectivity index (χ0n) is 14.2. The first-order valence-corrected chi connectivity index (χ1v) is 8.77. The van der Waals surface area contributed by atoms with Crippen LogP contribution in [-0.2, 0) is 0 Å². The molecule has 0 aliphatic carbocycles. The number of ether oxygens (including phenoxy) is 1. The van der Waals surface area contributed by atoms with Crippen LogP contribution in [0.4, 0.5) is 5.69 Å². The molecule has 0 fully saturated rings. The van der Waals surface area contributed by atoms with Gasteiger partial charge in [-0.2, -0.15) is 0 Å². The van der Waals surface area contributed by atoms with Crippen LogP contribution in [0.3, 0.4) is 0 Å². The Labute approximate surface area is 153 Å². The van der Waals surface area contributed by atoms with Crippen molar-refractivity contribution in [1.29, 1.82) is 0 Å². The normalized spacial score (nSPS) is 11.0. The van der Waals surface area contributed by atoms with Crippen molar-refractivity contribution in [2.24, 2.45) is 4.99 Å². The summed E-state index contributed by atoms with van der Waals surface area (Å²) in [4.78, 5) is 15.2. The van der Waals surface area contributed by atoms with E-state index in [1.165, 1.54) is 12.8 Å². The summed E-state index contributed by atoms with van der Waals surface area (Å²) < 4.78 is 5.70. The number of nitrogens with zero attached hydrogens (tertiary/aromatic N) is 1. The summed E-state index contributed by atoms with van der Waals surface area (Å²) >= 11 is 6.24. The molecule has 2 aromatic carbocycles. The molecule has 0 radical (unpaired) electrons. The molecule has 0 aromatic heterocycles. The monoisotopic (exact) mass is 359 g/mol. The second-order valence-electron chi connectivity index (χ2n) is 5.71. The minimum absolute atomic E-state index is 0.251. The van der Waals surface area contributed by atoms with E-state index in [1.54, 1.807) is 36.5 Å². The van der Waals surface area contributed by atoms with E-state index in [-0.39, 0.29) is 5.56 Å². The number of rotatable bonds is 9. The van der Waals surface area contributed by atoms with E-state index in [9.17, 15) is 4.79 Å². The zero-order valence-corrected chi connectivity index (χ0v) is 15.0. The van der Waals surface area contributed by atoms with E-state index in [0.29, 0.717) is 23.1 Å². The number of hydrogen-bond acceptors (Lipinski definition) is 3. The molecule has 132 valence electrons. The lowest BCUT2D eigenvalue weighted by atomic mass is 10.1. The average molecular weight is 360 g/mol. The Morgan fingerprint density at radius 1 is 1.16 bits per heavy atom. The first-order chi connectivity index (χ1) is 12.1. The lowest BCUT2D eigenvalue weighted by Crippen LogP contribution is -1.97. The Morgan fingerprint density at radius 2 is 1.92 bits per heavy atom. The highest BCUT2D eigenvalue weighted by atomic mass is 35.5. The van der Waals surface area contributed by atoms with Crippen molar-refractivity contribution in [1.82, 2.24) is 0 Å². The lowest BCUT2D eigenvalue weighted by Gasteiger charge is -2.08. The highest BCUT2D eigenvalue weighted by Gasteiger charge is 2.03. The summed E-state index contributed by atoms with van der Waals surface area (Å²) in [6.07, 6.45) is 6.28. The van der Waals surface area contributed by atoms with Crippen molar-refractivity contribution in [3.8, 4) is 5.75 Å². The summed E-state index contributed by atoms with van der Waals surface area (Å²) in [6.45, 7) is 2.84. The highest BCUT2D eigenvalue weighted by Crippen LogP contribution is 2.29. The number of unbranched alkanes of at least 4 members (excludes halogenated alkanes) is 3. The Balaban J connectivity index is 1.94. The topological polar surface area (TPSA) is 58.9 Å². The Hall–Kier alpha value is -2.33. The van der Waals surface area contributed by atoms with Gasteiger partial charge in [-0.1, -0.05) is 49.9 Å². The molecular weight excluding hydrogens is 338 g/mol. The molecule has 2 aromatic rings. The van der Waals surface area contributed by atoms with Crippen molar-refractivity contribution in [2.45, 2.75) is 32.6 Å². The van der Waals surface area contributed by atoms with Gasteiger partial charge in [-0.05, 0) is 42.3 Å². The molecule has 0 amide bonds. The number of aliphatic imine (C=N–C) groups is 1. The maximum Gasteiger partial charge on any atom is 0.335 e. The van der Waals surface area contributed by atoms with Crippen LogP contribution in [-0.4, -0.2) is 23.9 Å². The predicted octanol–water partition coefficient (Wildman–Crippen LogP) is 5.75. The van der Waals surface area contributed by atoms with E-state index < -0.39 is 5.97 Å². The first-order valence-electron chi connectivity index (χ1n) is 8.40. The molecule has 0 unspecified atom stereocenters. The summed E-state index contributed by atoms with van der Waals surface area (Å²) in [6, 6.07) is 11.9. The number of benzene rings is 2. The molecule has 1 N–H and O–H groups in total. The minimum atomic E-state index is -0.944. The number of halogens is 1. The molecule has 2 rings (SSSR count). The Bertz CT molecular complexity index is 726. The average Bonchev–Trinajstić information content (AvgIpc) is 2.61. The molecule has 4 nitrogen and oxygen atoms in total. The third-order valence-corrected chi connectivity index (χ3v) is 3.99. The van der Waals surface area contributed by atoms with Crippen LogP contribution in [0, 0.1) is 0 Å². The standard InChI is InChI=1S/C20H22ClNO3/c1-2-3-4-5-12-25-19-11-10-17(13-18(19)21)22-14-15-6-8-16(9-7-15)20(23)24/h6-11,13-14H,2-5,12H2,1H3,(H,23,24). The SMILES string of the molecule is CCCCCCOc1ccc(N=Cc2ccc(C(=O)O)cc2)cc1Cl. The summed E-state index contributed by atoms with van der Waals surface area (Å²) in [5, 5.41) is 9.42. The van der Waals surface area contributed by atoms with E-state index in [2.05, 4.69) is 11.9 Å². The van der Waals surface area contributed by atoms with Crippen molar-refractivity contribution >= 4 is 29.5 Å². The molecule has 25 heavy (non-hydrogen) atoms. The third-order valence-electron chi connectivity index (χ3n) is 3.69. The fourth-order valence-electron chi connectivity index (χ4n) is 2.26. The van der Waals surface area contributed by atoms with Crippen LogP contribution in [0.1, 0.15) is 48.5 Å². The number of carboxylic acid groups (broad SMARTS) is 1. The van der Waals surface area contributed by atoms with Gasteiger partial charge in [0.15, 0.2) is 0 Å². The maximum absolute atomic E-state index is 10.8. The fourth-order valence-corrected chi connectivity index (χ4v) is 2.49. The molecular formula is C20H22ClNO3. The van der Waals surface area contributed by atoms with Gasteiger partial charge in [0, 0.05) is 6.21 Å². The van der Waals surface area contributed by atoms with E-state index in [4.69, 9.17) is 21.4 Å². The summed E-state index contributed by atoms with van der Waals surface area (Å²) in [7, 11) is 0. The fraction of sp³-hybridized carbons (Fsp3) is 0.300. The van der Waals surface area contributed by atoms with Gasteiger partial charge in [-0.3, -0.25) is 4.99 Å². The van der Waals surface area contributed by atoms with Gasteiger partial charge < -0.3 is 9.84 Å². The van der Waals surface area contributed by atoms with Crippen LogP contribution >= 0.6 is 11.6 Å².